The number of para-hydroxylation sites is 2. The van der Waals surface area contributed by atoms with Gasteiger partial charge < -0.3 is 19.5 Å². The number of rotatable bonds is 3. The van der Waals surface area contributed by atoms with Gasteiger partial charge in [-0.3, -0.25) is 4.79 Å². The molecule has 1 aliphatic heterocycles. The predicted molar refractivity (Wildman–Crippen MR) is 95.9 cm³/mol. The van der Waals surface area contributed by atoms with Gasteiger partial charge in [0.2, 0.25) is 5.91 Å². The molecule has 6 nitrogen and oxygen atoms in total. The maximum atomic E-state index is 12.9. The zero-order chi connectivity index (χ0) is 17.2. The van der Waals surface area contributed by atoms with Crippen LogP contribution in [0.15, 0.2) is 30.6 Å². The van der Waals surface area contributed by atoms with Gasteiger partial charge in [0.25, 0.3) is 0 Å². The molecule has 2 aliphatic rings. The Morgan fingerprint density at radius 3 is 2.84 bits per heavy atom. The SMILES string of the molecule is COc1ccccc1N1CCN(C(=O)C2CCc3nc[nH]c3C2)CC1. The summed E-state index contributed by atoms with van der Waals surface area (Å²) < 4.78 is 5.46. The van der Waals surface area contributed by atoms with E-state index in [9.17, 15) is 4.79 Å². The molecule has 4 rings (SSSR count). The van der Waals surface area contributed by atoms with Crippen LogP contribution in [0.3, 0.4) is 0 Å². The van der Waals surface area contributed by atoms with Gasteiger partial charge in [-0.05, 0) is 25.0 Å². The van der Waals surface area contributed by atoms with Crippen LogP contribution >= 0.6 is 0 Å². The third kappa shape index (κ3) is 3.08. The van der Waals surface area contributed by atoms with Crippen molar-refractivity contribution in [2.75, 3.05) is 38.2 Å². The van der Waals surface area contributed by atoms with Gasteiger partial charge >= 0.3 is 0 Å². The van der Waals surface area contributed by atoms with E-state index in [-0.39, 0.29) is 5.92 Å². The van der Waals surface area contributed by atoms with E-state index in [4.69, 9.17) is 4.74 Å². The lowest BCUT2D eigenvalue weighted by Gasteiger charge is -2.38. The van der Waals surface area contributed by atoms with Crippen molar-refractivity contribution >= 4 is 11.6 Å². The van der Waals surface area contributed by atoms with Crippen LogP contribution in [-0.2, 0) is 17.6 Å². The largest absolute Gasteiger partial charge is 0.495 e. The highest BCUT2D eigenvalue weighted by atomic mass is 16.5. The third-order valence-corrected chi connectivity index (χ3v) is 5.35. The number of aromatic nitrogens is 2. The number of methoxy groups -OCH3 is 1. The fraction of sp³-hybridized carbons (Fsp3) is 0.474. The molecule has 0 spiro atoms. The number of nitrogens with one attached hydrogen (secondary N) is 1. The van der Waals surface area contributed by atoms with Gasteiger partial charge in [0.15, 0.2) is 0 Å². The number of carbonyl (C=O) groups excluding carboxylic acids is 1. The summed E-state index contributed by atoms with van der Waals surface area (Å²) in [5.41, 5.74) is 3.37. The molecule has 1 aromatic carbocycles. The molecule has 1 aromatic heterocycles. The van der Waals surface area contributed by atoms with Crippen LogP contribution in [0, 0.1) is 5.92 Å². The van der Waals surface area contributed by atoms with Crippen molar-refractivity contribution in [2.24, 2.45) is 5.92 Å². The summed E-state index contributed by atoms with van der Waals surface area (Å²) in [6.07, 6.45) is 4.34. The second kappa shape index (κ2) is 6.78. The predicted octanol–water partition coefficient (Wildman–Crippen LogP) is 1.87. The number of hydrogen-bond donors (Lipinski definition) is 1. The van der Waals surface area contributed by atoms with E-state index in [0.29, 0.717) is 5.91 Å². The van der Waals surface area contributed by atoms with Crippen LogP contribution in [0.25, 0.3) is 0 Å². The van der Waals surface area contributed by atoms with E-state index in [1.54, 1.807) is 13.4 Å². The van der Waals surface area contributed by atoms with Crippen molar-refractivity contribution in [1.29, 1.82) is 0 Å². The number of H-pyrrole nitrogens is 1. The molecule has 25 heavy (non-hydrogen) atoms. The number of piperazine rings is 1. The molecule has 1 N–H and O–H groups in total. The molecule has 1 saturated heterocycles. The minimum Gasteiger partial charge on any atom is -0.495 e. The summed E-state index contributed by atoms with van der Waals surface area (Å²) in [5, 5.41) is 0. The molecule has 2 aromatic rings. The molecule has 1 aliphatic carbocycles. The highest BCUT2D eigenvalue weighted by molar-refractivity contribution is 5.80. The quantitative estimate of drug-likeness (QED) is 0.927. The maximum absolute atomic E-state index is 12.9. The highest BCUT2D eigenvalue weighted by Crippen LogP contribution is 2.29. The number of anilines is 1. The van der Waals surface area contributed by atoms with Crippen LogP contribution in [0.2, 0.25) is 0 Å². The fourth-order valence-electron chi connectivity index (χ4n) is 3.93. The van der Waals surface area contributed by atoms with E-state index >= 15 is 0 Å². The number of fused-ring (bicyclic) bond motifs is 1. The molecule has 1 fully saturated rings. The van der Waals surface area contributed by atoms with Gasteiger partial charge in [0.05, 0.1) is 24.8 Å². The van der Waals surface area contributed by atoms with Crippen molar-refractivity contribution in [3.8, 4) is 5.75 Å². The average molecular weight is 340 g/mol. The lowest BCUT2D eigenvalue weighted by atomic mass is 9.88. The van der Waals surface area contributed by atoms with Crippen molar-refractivity contribution in [1.82, 2.24) is 14.9 Å². The molecule has 6 heteroatoms. The number of amides is 1. The molecule has 0 saturated carbocycles. The Balaban J connectivity index is 1.38. The van der Waals surface area contributed by atoms with Crippen LogP contribution in [0.5, 0.6) is 5.75 Å². The lowest BCUT2D eigenvalue weighted by Crippen LogP contribution is -2.51. The first-order chi connectivity index (χ1) is 12.3. The van der Waals surface area contributed by atoms with Crippen LogP contribution < -0.4 is 9.64 Å². The monoisotopic (exact) mass is 340 g/mol. The van der Waals surface area contributed by atoms with Crippen molar-refractivity contribution in [3.05, 3.63) is 42.0 Å². The maximum Gasteiger partial charge on any atom is 0.226 e. The number of aryl methyl sites for hydroxylation is 1. The first kappa shape index (κ1) is 16.0. The van der Waals surface area contributed by atoms with Crippen molar-refractivity contribution in [3.63, 3.8) is 0 Å². The van der Waals surface area contributed by atoms with Crippen LogP contribution in [0.4, 0.5) is 5.69 Å². The van der Waals surface area contributed by atoms with Gasteiger partial charge in [-0.25, -0.2) is 4.98 Å². The van der Waals surface area contributed by atoms with E-state index < -0.39 is 0 Å². The molecule has 1 amide bonds. The molecule has 132 valence electrons. The Morgan fingerprint density at radius 1 is 1.24 bits per heavy atom. The van der Waals surface area contributed by atoms with E-state index in [1.165, 1.54) is 0 Å². The summed E-state index contributed by atoms with van der Waals surface area (Å²) in [5.74, 6) is 1.27. The highest BCUT2D eigenvalue weighted by Gasteiger charge is 2.31. The lowest BCUT2D eigenvalue weighted by molar-refractivity contribution is -0.136. The summed E-state index contributed by atoms with van der Waals surface area (Å²) in [6, 6.07) is 8.07. The smallest absolute Gasteiger partial charge is 0.226 e. The number of carbonyl (C=O) groups is 1. The minimum atomic E-state index is 0.0887. The number of nitrogens with zero attached hydrogens (tertiary/aromatic N) is 3. The zero-order valence-electron chi connectivity index (χ0n) is 14.6. The summed E-state index contributed by atoms with van der Waals surface area (Å²) in [4.78, 5) is 24.7. The summed E-state index contributed by atoms with van der Waals surface area (Å²) in [7, 11) is 1.70. The van der Waals surface area contributed by atoms with E-state index in [1.807, 2.05) is 23.1 Å². The third-order valence-electron chi connectivity index (χ3n) is 5.35. The van der Waals surface area contributed by atoms with Gasteiger partial charge in [-0.1, -0.05) is 12.1 Å². The number of benzene rings is 1. The molecule has 1 atom stereocenters. The van der Waals surface area contributed by atoms with Gasteiger partial charge in [-0.2, -0.15) is 0 Å². The van der Waals surface area contributed by atoms with Crippen molar-refractivity contribution < 1.29 is 9.53 Å². The van der Waals surface area contributed by atoms with Gasteiger partial charge in [0, 0.05) is 44.2 Å². The Kier molecular flexibility index (Phi) is 4.34. The second-order valence-corrected chi connectivity index (χ2v) is 6.75. The molecular formula is C19H24N4O2. The fourth-order valence-corrected chi connectivity index (χ4v) is 3.93. The standard InChI is InChI=1S/C19H24N4O2/c1-25-18-5-3-2-4-17(18)22-8-10-23(11-9-22)19(24)14-6-7-15-16(12-14)21-13-20-15/h2-5,13-14H,6-12H2,1H3,(H,20,21). The second-order valence-electron chi connectivity index (χ2n) is 6.75. The first-order valence-corrected chi connectivity index (χ1v) is 8.94. The van der Waals surface area contributed by atoms with E-state index in [2.05, 4.69) is 20.9 Å². The summed E-state index contributed by atoms with van der Waals surface area (Å²) in [6.45, 7) is 3.22. The van der Waals surface area contributed by atoms with Crippen LogP contribution in [0.1, 0.15) is 17.8 Å². The normalized spacial score (nSPS) is 20.3. The molecule has 0 bridgehead atoms. The molecule has 1 unspecified atom stereocenters. The number of aromatic amines is 1. The molecular weight excluding hydrogens is 316 g/mol. The molecule has 0 radical (unpaired) electrons. The Hall–Kier alpha value is -2.50. The Bertz CT molecular complexity index is 749. The average Bonchev–Trinajstić information content (AvgIpc) is 3.15. The Labute approximate surface area is 147 Å². The summed E-state index contributed by atoms with van der Waals surface area (Å²) >= 11 is 0. The number of ether oxygens (including phenoxy) is 1. The van der Waals surface area contributed by atoms with E-state index in [0.717, 1.165) is 68.3 Å². The number of imidazole rings is 1. The first-order valence-electron chi connectivity index (χ1n) is 8.94. The molecule has 2 heterocycles. The minimum absolute atomic E-state index is 0.0887. The van der Waals surface area contributed by atoms with Gasteiger partial charge in [-0.15, -0.1) is 0 Å². The number of hydrogen-bond acceptors (Lipinski definition) is 4. The topological polar surface area (TPSA) is 61.5 Å². The Morgan fingerprint density at radius 2 is 2.04 bits per heavy atom. The van der Waals surface area contributed by atoms with Gasteiger partial charge in [0.1, 0.15) is 5.75 Å². The zero-order valence-corrected chi connectivity index (χ0v) is 14.6. The van der Waals surface area contributed by atoms with Crippen LogP contribution in [-0.4, -0.2) is 54.1 Å². The van der Waals surface area contributed by atoms with Crippen molar-refractivity contribution in [2.45, 2.75) is 19.3 Å².